The van der Waals surface area contributed by atoms with Crippen LogP contribution >= 0.6 is 0 Å². The maximum atomic E-state index is 4.94. The second-order valence-electron chi connectivity index (χ2n) is 6.13. The summed E-state index contributed by atoms with van der Waals surface area (Å²) < 4.78 is 0. The maximum Gasteiger partial charge on any atom is 0.0691 e. The topological polar surface area (TPSA) is 12.4 Å². The number of aryl methyl sites for hydroxylation is 2. The molecule has 2 aromatic carbocycles. The van der Waals surface area contributed by atoms with E-state index in [9.17, 15) is 0 Å². The summed E-state index contributed by atoms with van der Waals surface area (Å²) in [6, 6.07) is 16.8. The highest BCUT2D eigenvalue weighted by molar-refractivity contribution is 6.23. The maximum absolute atomic E-state index is 4.94. The largest absolute Gasteiger partial charge is 0.253 e. The Morgan fingerprint density at radius 2 is 1.50 bits per heavy atom. The Bertz CT molecular complexity index is 671. The minimum Gasteiger partial charge on any atom is -0.253 e. The van der Waals surface area contributed by atoms with Crippen molar-refractivity contribution in [3.05, 3.63) is 71.3 Å². The number of hydrogen-bond donors (Lipinski definition) is 0. The van der Waals surface area contributed by atoms with Gasteiger partial charge >= 0.3 is 0 Å². The van der Waals surface area contributed by atoms with Crippen molar-refractivity contribution < 1.29 is 0 Å². The van der Waals surface area contributed by atoms with E-state index in [-0.39, 0.29) is 0 Å². The molecule has 1 heteroatoms. The van der Waals surface area contributed by atoms with Crippen LogP contribution in [0.15, 0.2) is 59.6 Å². The molecular formula is C21H25N. The van der Waals surface area contributed by atoms with Gasteiger partial charge in [0.15, 0.2) is 0 Å². The first-order valence-corrected chi connectivity index (χ1v) is 7.88. The Morgan fingerprint density at radius 3 is 2.05 bits per heavy atom. The minimum atomic E-state index is 0.485. The summed E-state index contributed by atoms with van der Waals surface area (Å²) in [5.74, 6) is 0.485. The molecule has 0 atom stereocenters. The first kappa shape index (κ1) is 16.2. The lowest BCUT2D eigenvalue weighted by atomic mass is 9.97. The SMILES string of the molecule is CC(=Nc1c(C)cccc1C)/C(=C/C(C)C)c1ccccc1. The van der Waals surface area contributed by atoms with E-state index < -0.39 is 0 Å². The number of benzene rings is 2. The number of aliphatic imine (C=N–C) groups is 1. The van der Waals surface area contributed by atoms with E-state index in [1.807, 2.05) is 0 Å². The van der Waals surface area contributed by atoms with Crippen LogP contribution in [0.4, 0.5) is 5.69 Å². The molecule has 0 spiro atoms. The molecule has 0 aliphatic carbocycles. The third-order valence-electron chi connectivity index (χ3n) is 3.69. The van der Waals surface area contributed by atoms with Gasteiger partial charge in [0.1, 0.15) is 0 Å². The molecular weight excluding hydrogens is 266 g/mol. The van der Waals surface area contributed by atoms with Gasteiger partial charge in [0, 0.05) is 5.71 Å². The van der Waals surface area contributed by atoms with E-state index in [4.69, 9.17) is 4.99 Å². The Hall–Kier alpha value is -2.15. The lowest BCUT2D eigenvalue weighted by Crippen LogP contribution is -1.99. The highest BCUT2D eigenvalue weighted by Gasteiger charge is 2.08. The molecule has 0 amide bonds. The third kappa shape index (κ3) is 3.94. The van der Waals surface area contributed by atoms with Crippen LogP contribution < -0.4 is 0 Å². The average Bonchev–Trinajstić information content (AvgIpc) is 2.49. The van der Waals surface area contributed by atoms with Crippen LogP contribution in [-0.4, -0.2) is 5.71 Å². The molecule has 1 nitrogen and oxygen atoms in total. The molecule has 0 aromatic heterocycles. The van der Waals surface area contributed by atoms with Gasteiger partial charge in [-0.3, -0.25) is 4.99 Å². The Labute approximate surface area is 134 Å². The fraction of sp³-hybridized carbons (Fsp3) is 0.286. The predicted molar refractivity (Wildman–Crippen MR) is 97.9 cm³/mol. The molecule has 22 heavy (non-hydrogen) atoms. The zero-order chi connectivity index (χ0) is 16.1. The summed E-state index contributed by atoms with van der Waals surface area (Å²) in [5, 5.41) is 0. The van der Waals surface area contributed by atoms with Gasteiger partial charge in [-0.1, -0.05) is 68.5 Å². The molecule has 0 aliphatic heterocycles. The molecule has 0 aliphatic rings. The van der Waals surface area contributed by atoms with Crippen LogP contribution in [0.1, 0.15) is 37.5 Å². The van der Waals surface area contributed by atoms with E-state index in [0.29, 0.717) is 5.92 Å². The van der Waals surface area contributed by atoms with Gasteiger partial charge in [-0.2, -0.15) is 0 Å². The summed E-state index contributed by atoms with van der Waals surface area (Å²) in [4.78, 5) is 4.94. The summed E-state index contributed by atoms with van der Waals surface area (Å²) in [6.07, 6.45) is 2.29. The van der Waals surface area contributed by atoms with Gasteiger partial charge in [-0.15, -0.1) is 0 Å². The fourth-order valence-corrected chi connectivity index (χ4v) is 2.59. The van der Waals surface area contributed by atoms with Gasteiger partial charge in [-0.05, 0) is 49.0 Å². The van der Waals surface area contributed by atoms with Crippen molar-refractivity contribution in [3.8, 4) is 0 Å². The average molecular weight is 291 g/mol. The molecule has 114 valence electrons. The highest BCUT2D eigenvalue weighted by atomic mass is 14.8. The zero-order valence-electron chi connectivity index (χ0n) is 14.2. The van der Waals surface area contributed by atoms with Crippen LogP contribution in [0.2, 0.25) is 0 Å². The Morgan fingerprint density at radius 1 is 0.909 bits per heavy atom. The number of allylic oxidation sites excluding steroid dienone is 2. The number of nitrogens with zero attached hydrogens (tertiary/aromatic N) is 1. The lowest BCUT2D eigenvalue weighted by Gasteiger charge is -2.12. The first-order valence-electron chi connectivity index (χ1n) is 7.88. The summed E-state index contributed by atoms with van der Waals surface area (Å²) >= 11 is 0. The van der Waals surface area contributed by atoms with E-state index in [1.165, 1.54) is 22.3 Å². The minimum absolute atomic E-state index is 0.485. The summed E-state index contributed by atoms with van der Waals surface area (Å²) in [7, 11) is 0. The van der Waals surface area contributed by atoms with Gasteiger partial charge in [0.05, 0.1) is 5.69 Å². The van der Waals surface area contributed by atoms with Gasteiger partial charge < -0.3 is 0 Å². The predicted octanol–water partition coefficient (Wildman–Crippen LogP) is 6.14. The molecule has 0 saturated heterocycles. The highest BCUT2D eigenvalue weighted by Crippen LogP contribution is 2.26. The molecule has 0 bridgehead atoms. The molecule has 0 fully saturated rings. The molecule has 0 radical (unpaired) electrons. The second kappa shape index (κ2) is 7.22. The van der Waals surface area contributed by atoms with Gasteiger partial charge in [-0.25, -0.2) is 0 Å². The molecule has 0 N–H and O–H groups in total. The van der Waals surface area contributed by atoms with E-state index in [1.54, 1.807) is 0 Å². The van der Waals surface area contributed by atoms with Crippen molar-refractivity contribution in [2.45, 2.75) is 34.6 Å². The van der Waals surface area contributed by atoms with E-state index in [0.717, 1.165) is 11.4 Å². The molecule has 2 rings (SSSR count). The van der Waals surface area contributed by atoms with Crippen LogP contribution in [0.25, 0.3) is 5.57 Å². The van der Waals surface area contributed by atoms with Crippen LogP contribution in [-0.2, 0) is 0 Å². The van der Waals surface area contributed by atoms with Crippen molar-refractivity contribution in [1.82, 2.24) is 0 Å². The molecule has 0 heterocycles. The van der Waals surface area contributed by atoms with Crippen molar-refractivity contribution in [1.29, 1.82) is 0 Å². The summed E-state index contributed by atoms with van der Waals surface area (Å²) in [6.45, 7) is 10.7. The quantitative estimate of drug-likeness (QED) is 0.600. The van der Waals surface area contributed by atoms with Crippen molar-refractivity contribution in [3.63, 3.8) is 0 Å². The monoisotopic (exact) mass is 291 g/mol. The van der Waals surface area contributed by atoms with Crippen molar-refractivity contribution >= 4 is 17.0 Å². The molecule has 0 unspecified atom stereocenters. The van der Waals surface area contributed by atoms with Gasteiger partial charge in [0.25, 0.3) is 0 Å². The fourth-order valence-electron chi connectivity index (χ4n) is 2.59. The van der Waals surface area contributed by atoms with Crippen molar-refractivity contribution in [2.24, 2.45) is 10.9 Å². The number of hydrogen-bond acceptors (Lipinski definition) is 1. The van der Waals surface area contributed by atoms with Crippen LogP contribution in [0, 0.1) is 19.8 Å². The van der Waals surface area contributed by atoms with Crippen LogP contribution in [0.5, 0.6) is 0 Å². The smallest absolute Gasteiger partial charge is 0.0691 e. The Kier molecular flexibility index (Phi) is 5.32. The normalized spacial score (nSPS) is 12.8. The number of rotatable bonds is 4. The van der Waals surface area contributed by atoms with E-state index in [2.05, 4.69) is 89.2 Å². The van der Waals surface area contributed by atoms with E-state index >= 15 is 0 Å². The first-order chi connectivity index (χ1) is 10.5. The number of para-hydroxylation sites is 1. The molecule has 2 aromatic rings. The standard InChI is InChI=1S/C21H25N/c1-15(2)14-20(19-12-7-6-8-13-19)18(5)22-21-16(3)10-9-11-17(21)4/h6-15H,1-5H3/b20-14-,22-18?. The third-order valence-corrected chi connectivity index (χ3v) is 3.69. The van der Waals surface area contributed by atoms with Crippen molar-refractivity contribution in [2.75, 3.05) is 0 Å². The molecule has 0 saturated carbocycles. The van der Waals surface area contributed by atoms with Crippen LogP contribution in [0.3, 0.4) is 0 Å². The second-order valence-corrected chi connectivity index (χ2v) is 6.13. The Balaban J connectivity index is 2.51. The van der Waals surface area contributed by atoms with Gasteiger partial charge in [0.2, 0.25) is 0 Å². The zero-order valence-corrected chi connectivity index (χ0v) is 14.2. The summed E-state index contributed by atoms with van der Waals surface area (Å²) in [5.41, 5.74) is 7.04. The lowest BCUT2D eigenvalue weighted by molar-refractivity contribution is 0.835.